The predicted octanol–water partition coefficient (Wildman–Crippen LogP) is 5.31. The van der Waals surface area contributed by atoms with Gasteiger partial charge in [-0.15, -0.1) is 0 Å². The summed E-state index contributed by atoms with van der Waals surface area (Å²) in [6.45, 7) is 6.96. The Kier molecular flexibility index (Phi) is 7.60. The summed E-state index contributed by atoms with van der Waals surface area (Å²) in [5, 5.41) is 5.95. The summed E-state index contributed by atoms with van der Waals surface area (Å²) in [7, 11) is 0. The second kappa shape index (κ2) is 9.69. The van der Waals surface area contributed by atoms with Crippen molar-refractivity contribution >= 4 is 44.9 Å². The molecule has 138 valence electrons. The molecule has 1 amide bonds. The van der Waals surface area contributed by atoms with Crippen molar-refractivity contribution in [3.05, 3.63) is 58.1 Å². The highest BCUT2D eigenvalue weighted by atomic mass is 79.9. The maximum atomic E-state index is 12.3. The van der Waals surface area contributed by atoms with Crippen molar-refractivity contribution in [2.75, 3.05) is 11.9 Å². The molecule has 6 heteroatoms. The van der Waals surface area contributed by atoms with E-state index in [-0.39, 0.29) is 11.0 Å². The van der Waals surface area contributed by atoms with Gasteiger partial charge in [-0.1, -0.05) is 41.9 Å². The number of benzene rings is 2. The molecular formula is C20H23BrN2O2S. The molecule has 0 saturated heterocycles. The van der Waals surface area contributed by atoms with Crippen molar-refractivity contribution in [3.8, 4) is 5.75 Å². The number of ether oxygens (including phenoxy) is 1. The first-order chi connectivity index (χ1) is 12.3. The monoisotopic (exact) mass is 434 g/mol. The molecular weight excluding hydrogens is 412 g/mol. The van der Waals surface area contributed by atoms with Crippen LogP contribution in [0.1, 0.15) is 36.2 Å². The number of amides is 1. The molecule has 0 heterocycles. The Balaban J connectivity index is 1.92. The lowest BCUT2D eigenvalue weighted by atomic mass is 10.1. The highest BCUT2D eigenvalue weighted by Crippen LogP contribution is 2.19. The first kappa shape index (κ1) is 20.4. The van der Waals surface area contributed by atoms with E-state index >= 15 is 0 Å². The SMILES string of the molecule is Cc1ccc(C(=O)NC(=S)Nc2cccc(OCCC(C)C)c2)cc1Br. The molecule has 0 aromatic heterocycles. The van der Waals surface area contributed by atoms with E-state index < -0.39 is 0 Å². The summed E-state index contributed by atoms with van der Waals surface area (Å²) >= 11 is 8.67. The van der Waals surface area contributed by atoms with E-state index in [0.29, 0.717) is 18.1 Å². The fraction of sp³-hybridized carbons (Fsp3) is 0.300. The van der Waals surface area contributed by atoms with Gasteiger partial charge in [0.05, 0.1) is 6.61 Å². The van der Waals surface area contributed by atoms with E-state index in [2.05, 4.69) is 40.4 Å². The van der Waals surface area contributed by atoms with Crippen molar-refractivity contribution < 1.29 is 9.53 Å². The molecule has 2 aromatic rings. The number of carbonyl (C=O) groups is 1. The van der Waals surface area contributed by atoms with Gasteiger partial charge in [-0.25, -0.2) is 0 Å². The molecule has 0 spiro atoms. The van der Waals surface area contributed by atoms with Crippen LogP contribution < -0.4 is 15.4 Å². The van der Waals surface area contributed by atoms with Crippen LogP contribution in [0, 0.1) is 12.8 Å². The van der Waals surface area contributed by atoms with E-state index in [0.717, 1.165) is 27.9 Å². The highest BCUT2D eigenvalue weighted by molar-refractivity contribution is 9.10. The first-order valence-corrected chi connectivity index (χ1v) is 9.66. The van der Waals surface area contributed by atoms with Gasteiger partial charge < -0.3 is 10.1 Å². The largest absolute Gasteiger partial charge is 0.494 e. The average molecular weight is 435 g/mol. The Bertz CT molecular complexity index is 793. The maximum Gasteiger partial charge on any atom is 0.257 e. The molecule has 4 nitrogen and oxygen atoms in total. The molecule has 0 aliphatic rings. The Morgan fingerprint density at radius 3 is 2.69 bits per heavy atom. The Labute approximate surface area is 168 Å². The molecule has 0 atom stereocenters. The minimum Gasteiger partial charge on any atom is -0.494 e. The molecule has 0 unspecified atom stereocenters. The van der Waals surface area contributed by atoms with Crippen LogP contribution in [0.25, 0.3) is 0 Å². The van der Waals surface area contributed by atoms with Crippen LogP contribution in [0.15, 0.2) is 46.9 Å². The van der Waals surface area contributed by atoms with Crippen molar-refractivity contribution in [3.63, 3.8) is 0 Å². The molecule has 0 fully saturated rings. The Hall–Kier alpha value is -1.92. The van der Waals surface area contributed by atoms with Crippen molar-refractivity contribution in [2.24, 2.45) is 5.92 Å². The van der Waals surface area contributed by atoms with Gasteiger partial charge in [0.1, 0.15) is 5.75 Å². The van der Waals surface area contributed by atoms with Crippen LogP contribution >= 0.6 is 28.1 Å². The third kappa shape index (κ3) is 6.42. The van der Waals surface area contributed by atoms with Crippen LogP contribution in [-0.4, -0.2) is 17.6 Å². The van der Waals surface area contributed by atoms with Gasteiger partial charge in [0.2, 0.25) is 0 Å². The van der Waals surface area contributed by atoms with Crippen LogP contribution in [-0.2, 0) is 0 Å². The predicted molar refractivity (Wildman–Crippen MR) is 114 cm³/mol. The van der Waals surface area contributed by atoms with Crippen LogP contribution in [0.3, 0.4) is 0 Å². The number of nitrogens with one attached hydrogen (secondary N) is 2. The number of halogens is 1. The number of thiocarbonyl (C=S) groups is 1. The fourth-order valence-electron chi connectivity index (χ4n) is 2.15. The lowest BCUT2D eigenvalue weighted by Gasteiger charge is -2.12. The molecule has 0 radical (unpaired) electrons. The quantitative estimate of drug-likeness (QED) is 0.604. The standard InChI is InChI=1S/C20H23BrN2O2S/c1-13(2)9-10-25-17-6-4-5-16(12-17)22-20(26)23-19(24)15-8-7-14(3)18(21)11-15/h4-8,11-13H,9-10H2,1-3H3,(H2,22,23,24,26). The molecule has 2 N–H and O–H groups in total. The summed E-state index contributed by atoms with van der Waals surface area (Å²) < 4.78 is 6.62. The fourth-order valence-corrected chi connectivity index (χ4v) is 2.74. The zero-order valence-corrected chi connectivity index (χ0v) is 17.5. The first-order valence-electron chi connectivity index (χ1n) is 8.46. The van der Waals surface area contributed by atoms with Gasteiger partial charge >= 0.3 is 0 Å². The summed E-state index contributed by atoms with van der Waals surface area (Å²) in [5.41, 5.74) is 2.37. The number of hydrogen-bond acceptors (Lipinski definition) is 3. The normalized spacial score (nSPS) is 10.5. The topological polar surface area (TPSA) is 50.4 Å². The number of carbonyl (C=O) groups excluding carboxylic acids is 1. The van der Waals surface area contributed by atoms with Crippen molar-refractivity contribution in [2.45, 2.75) is 27.2 Å². The maximum absolute atomic E-state index is 12.3. The molecule has 0 bridgehead atoms. The number of aryl methyl sites for hydroxylation is 1. The summed E-state index contributed by atoms with van der Waals surface area (Å²) in [6, 6.07) is 12.9. The average Bonchev–Trinajstić information content (AvgIpc) is 2.57. The smallest absolute Gasteiger partial charge is 0.257 e. The minimum atomic E-state index is -0.257. The lowest BCUT2D eigenvalue weighted by molar-refractivity contribution is 0.0977. The van der Waals surface area contributed by atoms with Gasteiger partial charge in [-0.05, 0) is 61.3 Å². The Morgan fingerprint density at radius 2 is 2.00 bits per heavy atom. The van der Waals surface area contributed by atoms with Crippen molar-refractivity contribution in [1.29, 1.82) is 0 Å². The highest BCUT2D eigenvalue weighted by Gasteiger charge is 2.09. The van der Waals surface area contributed by atoms with E-state index in [1.165, 1.54) is 0 Å². The number of rotatable bonds is 6. The molecule has 0 saturated carbocycles. The van der Waals surface area contributed by atoms with Gasteiger partial charge in [-0.2, -0.15) is 0 Å². The number of hydrogen-bond donors (Lipinski definition) is 2. The third-order valence-electron chi connectivity index (χ3n) is 3.72. The summed E-state index contributed by atoms with van der Waals surface area (Å²) in [5.74, 6) is 1.11. The molecule has 0 aliphatic carbocycles. The molecule has 0 aliphatic heterocycles. The lowest BCUT2D eigenvalue weighted by Crippen LogP contribution is -2.34. The second-order valence-electron chi connectivity index (χ2n) is 6.43. The third-order valence-corrected chi connectivity index (χ3v) is 4.78. The molecule has 2 aromatic carbocycles. The van der Waals surface area contributed by atoms with Gasteiger partial charge in [0.15, 0.2) is 5.11 Å². The van der Waals surface area contributed by atoms with Crippen LogP contribution in [0.4, 0.5) is 5.69 Å². The van der Waals surface area contributed by atoms with E-state index in [1.807, 2.05) is 37.3 Å². The van der Waals surface area contributed by atoms with Gasteiger partial charge in [0.25, 0.3) is 5.91 Å². The molecule has 26 heavy (non-hydrogen) atoms. The zero-order valence-electron chi connectivity index (χ0n) is 15.1. The van der Waals surface area contributed by atoms with Crippen LogP contribution in [0.5, 0.6) is 5.75 Å². The minimum absolute atomic E-state index is 0.242. The van der Waals surface area contributed by atoms with E-state index in [9.17, 15) is 4.79 Å². The second-order valence-corrected chi connectivity index (χ2v) is 7.69. The van der Waals surface area contributed by atoms with Gasteiger partial charge in [0, 0.05) is 21.8 Å². The molecule has 2 rings (SSSR count). The van der Waals surface area contributed by atoms with E-state index in [1.54, 1.807) is 12.1 Å². The van der Waals surface area contributed by atoms with Crippen molar-refractivity contribution in [1.82, 2.24) is 5.32 Å². The van der Waals surface area contributed by atoms with E-state index in [4.69, 9.17) is 17.0 Å². The summed E-state index contributed by atoms with van der Waals surface area (Å²) in [4.78, 5) is 12.3. The number of anilines is 1. The Morgan fingerprint density at radius 1 is 1.23 bits per heavy atom. The zero-order chi connectivity index (χ0) is 19.1. The van der Waals surface area contributed by atoms with Gasteiger partial charge in [-0.3, -0.25) is 10.1 Å². The summed E-state index contributed by atoms with van der Waals surface area (Å²) in [6.07, 6.45) is 0.998. The van der Waals surface area contributed by atoms with Crippen LogP contribution in [0.2, 0.25) is 0 Å².